The first-order valence-electron chi connectivity index (χ1n) is 6.93. The molecule has 2 heteroatoms. The summed E-state index contributed by atoms with van der Waals surface area (Å²) in [5.41, 5.74) is 3.50. The van der Waals surface area contributed by atoms with Crippen LogP contribution < -0.4 is 4.74 Å². The number of methoxy groups -OCH3 is 1. The van der Waals surface area contributed by atoms with E-state index in [9.17, 15) is 0 Å². The lowest BCUT2D eigenvalue weighted by molar-refractivity contribution is 0.414. The van der Waals surface area contributed by atoms with Crippen molar-refractivity contribution in [2.24, 2.45) is 0 Å². The Bertz CT molecular complexity index is 866. The van der Waals surface area contributed by atoms with Crippen LogP contribution in [0.5, 0.6) is 5.75 Å². The first kappa shape index (κ1) is 12.0. The molecule has 21 heavy (non-hydrogen) atoms. The van der Waals surface area contributed by atoms with Crippen molar-refractivity contribution in [3.8, 4) is 11.4 Å². The Balaban J connectivity index is 2.09. The molecule has 0 fully saturated rings. The van der Waals surface area contributed by atoms with E-state index in [4.69, 9.17) is 4.74 Å². The number of hydrogen-bond acceptors (Lipinski definition) is 1. The number of hydrogen-bond donors (Lipinski definition) is 0. The molecule has 0 aliphatic heterocycles. The van der Waals surface area contributed by atoms with Gasteiger partial charge in [0.15, 0.2) is 0 Å². The van der Waals surface area contributed by atoms with Gasteiger partial charge < -0.3 is 9.30 Å². The first-order valence-corrected chi connectivity index (χ1v) is 6.93. The van der Waals surface area contributed by atoms with Crippen LogP contribution in [0.1, 0.15) is 0 Å². The van der Waals surface area contributed by atoms with E-state index in [0.717, 1.165) is 11.4 Å². The number of ether oxygens (including phenoxy) is 1. The van der Waals surface area contributed by atoms with Gasteiger partial charge in [-0.05, 0) is 30.3 Å². The fourth-order valence-electron chi connectivity index (χ4n) is 2.87. The van der Waals surface area contributed by atoms with E-state index < -0.39 is 0 Å². The van der Waals surface area contributed by atoms with E-state index in [2.05, 4.69) is 65.2 Å². The smallest absolute Gasteiger partial charge is 0.126 e. The number of fused-ring (bicyclic) bond motifs is 3. The van der Waals surface area contributed by atoms with Crippen molar-refractivity contribution < 1.29 is 4.74 Å². The van der Waals surface area contributed by atoms with Gasteiger partial charge in [0.25, 0.3) is 0 Å². The average molecular weight is 272 g/mol. The summed E-state index contributed by atoms with van der Waals surface area (Å²) in [5.74, 6) is 0.750. The summed E-state index contributed by atoms with van der Waals surface area (Å²) < 4.78 is 7.46. The molecule has 0 spiro atoms. The van der Waals surface area contributed by atoms with Crippen molar-refractivity contribution in [1.29, 1.82) is 0 Å². The standard InChI is InChI=1S/C19H14NO/c1-21-15-12-10-14(11-13-15)20-18-8-4-2-6-16(18)17-7-3-5-9-19(17)20/h2-12H,1H3. The Morgan fingerprint density at radius 2 is 1.43 bits per heavy atom. The second-order valence-electron chi connectivity index (χ2n) is 4.98. The highest BCUT2D eigenvalue weighted by atomic mass is 16.5. The molecular formula is C19H14NO. The van der Waals surface area contributed by atoms with Crippen molar-refractivity contribution in [2.45, 2.75) is 0 Å². The Morgan fingerprint density at radius 1 is 0.810 bits per heavy atom. The predicted octanol–water partition coefficient (Wildman–Crippen LogP) is 4.59. The van der Waals surface area contributed by atoms with Crippen LogP contribution >= 0.6 is 0 Å². The molecule has 0 aliphatic rings. The Kier molecular flexibility index (Phi) is 2.68. The van der Waals surface area contributed by atoms with E-state index >= 15 is 0 Å². The van der Waals surface area contributed by atoms with Gasteiger partial charge in [0.1, 0.15) is 5.75 Å². The maximum Gasteiger partial charge on any atom is 0.126 e. The van der Waals surface area contributed by atoms with Crippen LogP contribution in [0.25, 0.3) is 27.5 Å². The van der Waals surface area contributed by atoms with Crippen LogP contribution in [0.15, 0.2) is 66.7 Å². The van der Waals surface area contributed by atoms with E-state index in [1.54, 1.807) is 7.11 Å². The zero-order valence-corrected chi connectivity index (χ0v) is 11.7. The van der Waals surface area contributed by atoms with Crippen molar-refractivity contribution in [3.05, 3.63) is 72.8 Å². The quantitative estimate of drug-likeness (QED) is 0.520. The molecule has 0 aliphatic carbocycles. The summed E-state index contributed by atoms with van der Waals surface area (Å²) in [6.45, 7) is 0. The summed E-state index contributed by atoms with van der Waals surface area (Å²) in [4.78, 5) is 0. The molecule has 1 aromatic heterocycles. The number of rotatable bonds is 2. The number of nitrogens with zero attached hydrogens (tertiary/aromatic N) is 1. The molecule has 3 aromatic carbocycles. The van der Waals surface area contributed by atoms with Crippen LogP contribution in [0.3, 0.4) is 0 Å². The van der Waals surface area contributed by atoms with Crippen LogP contribution in [0, 0.1) is 6.07 Å². The lowest BCUT2D eigenvalue weighted by atomic mass is 10.2. The third kappa shape index (κ3) is 1.80. The molecule has 4 aromatic rings. The lowest BCUT2D eigenvalue weighted by Crippen LogP contribution is -1.93. The normalized spacial score (nSPS) is 11.1. The van der Waals surface area contributed by atoms with Gasteiger partial charge in [0.05, 0.1) is 18.1 Å². The highest BCUT2D eigenvalue weighted by molar-refractivity contribution is 6.09. The van der Waals surface area contributed by atoms with Crippen molar-refractivity contribution in [1.82, 2.24) is 4.57 Å². The summed E-state index contributed by atoms with van der Waals surface area (Å²) in [7, 11) is 1.66. The molecular weight excluding hydrogens is 258 g/mol. The second-order valence-corrected chi connectivity index (χ2v) is 4.98. The Labute approximate surface area is 123 Å². The van der Waals surface area contributed by atoms with Gasteiger partial charge in [-0.2, -0.15) is 0 Å². The number of benzene rings is 3. The minimum absolute atomic E-state index is 0.750. The second kappa shape index (κ2) is 4.67. The van der Waals surface area contributed by atoms with Gasteiger partial charge in [-0.15, -0.1) is 0 Å². The third-order valence-corrected chi connectivity index (χ3v) is 3.83. The zero-order chi connectivity index (χ0) is 14.2. The van der Waals surface area contributed by atoms with E-state index in [-0.39, 0.29) is 0 Å². The fourth-order valence-corrected chi connectivity index (χ4v) is 2.87. The van der Waals surface area contributed by atoms with Crippen molar-refractivity contribution >= 4 is 21.8 Å². The van der Waals surface area contributed by atoms with Crippen LogP contribution in [0.4, 0.5) is 0 Å². The van der Waals surface area contributed by atoms with Gasteiger partial charge >= 0.3 is 0 Å². The van der Waals surface area contributed by atoms with Gasteiger partial charge in [0, 0.05) is 22.5 Å². The summed E-state index contributed by atoms with van der Waals surface area (Å²) >= 11 is 0. The predicted molar refractivity (Wildman–Crippen MR) is 86.2 cm³/mol. The SMILES string of the molecule is COc1[c]cc(-n2c3ccccc3c3ccccc32)cc1. The van der Waals surface area contributed by atoms with E-state index in [1.165, 1.54) is 21.8 Å². The van der Waals surface area contributed by atoms with Gasteiger partial charge in [-0.25, -0.2) is 0 Å². The molecule has 1 radical (unpaired) electrons. The maximum atomic E-state index is 5.20. The van der Waals surface area contributed by atoms with Crippen LogP contribution in [-0.4, -0.2) is 11.7 Å². The topological polar surface area (TPSA) is 14.2 Å². The molecule has 0 unspecified atom stereocenters. The van der Waals surface area contributed by atoms with Gasteiger partial charge in [-0.1, -0.05) is 36.4 Å². The molecule has 0 saturated heterocycles. The fraction of sp³-hybridized carbons (Fsp3) is 0.0526. The third-order valence-electron chi connectivity index (χ3n) is 3.83. The largest absolute Gasteiger partial charge is 0.496 e. The molecule has 0 saturated carbocycles. The Hall–Kier alpha value is -2.74. The van der Waals surface area contributed by atoms with Crippen molar-refractivity contribution in [2.75, 3.05) is 7.11 Å². The molecule has 2 nitrogen and oxygen atoms in total. The summed E-state index contributed by atoms with van der Waals surface area (Å²) in [5, 5.41) is 2.54. The minimum Gasteiger partial charge on any atom is -0.496 e. The molecule has 1 heterocycles. The van der Waals surface area contributed by atoms with Gasteiger partial charge in [-0.3, -0.25) is 0 Å². The highest BCUT2D eigenvalue weighted by Crippen LogP contribution is 2.31. The lowest BCUT2D eigenvalue weighted by Gasteiger charge is -2.08. The molecule has 0 amide bonds. The minimum atomic E-state index is 0.750. The van der Waals surface area contributed by atoms with Crippen LogP contribution in [-0.2, 0) is 0 Å². The van der Waals surface area contributed by atoms with Crippen LogP contribution in [0.2, 0.25) is 0 Å². The summed E-state index contributed by atoms with van der Waals surface area (Å²) in [6.07, 6.45) is 0. The molecule has 4 rings (SSSR count). The number of aromatic nitrogens is 1. The molecule has 0 N–H and O–H groups in total. The molecule has 0 atom stereocenters. The number of para-hydroxylation sites is 2. The molecule has 0 bridgehead atoms. The zero-order valence-electron chi connectivity index (χ0n) is 11.7. The van der Waals surface area contributed by atoms with E-state index in [1.807, 2.05) is 12.1 Å². The van der Waals surface area contributed by atoms with Crippen molar-refractivity contribution in [3.63, 3.8) is 0 Å². The Morgan fingerprint density at radius 3 is 1.95 bits per heavy atom. The highest BCUT2D eigenvalue weighted by Gasteiger charge is 2.10. The molecule has 101 valence electrons. The summed E-state index contributed by atoms with van der Waals surface area (Å²) in [6, 6.07) is 26.1. The monoisotopic (exact) mass is 272 g/mol. The maximum absolute atomic E-state index is 5.20. The average Bonchev–Trinajstić information content (AvgIpc) is 2.90. The first-order chi connectivity index (χ1) is 10.4. The van der Waals surface area contributed by atoms with E-state index in [0.29, 0.717) is 0 Å². The van der Waals surface area contributed by atoms with Gasteiger partial charge in [0.2, 0.25) is 0 Å².